The molecule has 2 fully saturated rings. The summed E-state index contributed by atoms with van der Waals surface area (Å²) in [7, 11) is 0. The lowest BCUT2D eigenvalue weighted by molar-refractivity contribution is -0.117. The van der Waals surface area contributed by atoms with Gasteiger partial charge in [-0.3, -0.25) is 14.5 Å². The van der Waals surface area contributed by atoms with E-state index in [1.54, 1.807) is 4.90 Å². The first-order valence-electron chi connectivity index (χ1n) is 10.7. The maximum atomic E-state index is 12.7. The second-order valence-corrected chi connectivity index (χ2v) is 7.99. The van der Waals surface area contributed by atoms with Crippen LogP contribution in [0, 0.1) is 0 Å². The van der Waals surface area contributed by atoms with Gasteiger partial charge in [0.1, 0.15) is 0 Å². The molecule has 2 saturated heterocycles. The van der Waals surface area contributed by atoms with Crippen LogP contribution in [0.5, 0.6) is 0 Å². The maximum absolute atomic E-state index is 12.7. The molecule has 1 N–H and O–H groups in total. The Labute approximate surface area is 172 Å². The molecule has 2 aromatic rings. The molecule has 29 heavy (non-hydrogen) atoms. The Bertz CT molecular complexity index is 829. The lowest BCUT2D eigenvalue weighted by Gasteiger charge is -2.28. The first-order chi connectivity index (χ1) is 14.2. The van der Waals surface area contributed by atoms with E-state index >= 15 is 0 Å². The Morgan fingerprint density at radius 3 is 2.31 bits per heavy atom. The van der Waals surface area contributed by atoms with Crippen molar-refractivity contribution < 1.29 is 9.59 Å². The van der Waals surface area contributed by atoms with Gasteiger partial charge < -0.3 is 10.2 Å². The zero-order valence-corrected chi connectivity index (χ0v) is 16.8. The quantitative estimate of drug-likeness (QED) is 0.788. The summed E-state index contributed by atoms with van der Waals surface area (Å²) in [6.45, 7) is 3.61. The monoisotopic (exact) mass is 391 g/mol. The fourth-order valence-corrected chi connectivity index (χ4v) is 4.35. The Morgan fingerprint density at radius 1 is 0.931 bits per heavy atom. The summed E-state index contributed by atoms with van der Waals surface area (Å²) in [5.74, 6) is 0.109. The normalized spacial score (nSPS) is 18.2. The average Bonchev–Trinajstić information content (AvgIpc) is 3.44. The molecular formula is C24H29N3O2. The van der Waals surface area contributed by atoms with Crippen molar-refractivity contribution in [3.05, 3.63) is 65.7 Å². The van der Waals surface area contributed by atoms with Crippen LogP contribution >= 0.6 is 0 Å². The number of nitrogens with zero attached hydrogens (tertiary/aromatic N) is 2. The topological polar surface area (TPSA) is 52.7 Å². The SMILES string of the molecule is O=C(NCC(Cc1ccccc1)N1CCCC1)c1ccc(N2CCCC2=O)cc1. The summed E-state index contributed by atoms with van der Waals surface area (Å²) in [5, 5.41) is 3.13. The standard InChI is InChI=1S/C24H29N3O2/c28-23-9-6-16-27(23)21-12-10-20(11-13-21)24(29)25-18-22(26-14-4-5-15-26)17-19-7-2-1-3-8-19/h1-3,7-8,10-13,22H,4-6,9,14-18H2,(H,25,29). The van der Waals surface area contributed by atoms with Crippen LogP contribution in [0.4, 0.5) is 5.69 Å². The van der Waals surface area contributed by atoms with Gasteiger partial charge in [-0.1, -0.05) is 30.3 Å². The summed E-state index contributed by atoms with van der Waals surface area (Å²) in [6.07, 6.45) is 4.92. The second kappa shape index (κ2) is 9.23. The Morgan fingerprint density at radius 2 is 1.66 bits per heavy atom. The van der Waals surface area contributed by atoms with E-state index in [-0.39, 0.29) is 11.8 Å². The predicted molar refractivity (Wildman–Crippen MR) is 115 cm³/mol. The number of amides is 2. The van der Waals surface area contributed by atoms with E-state index in [1.807, 2.05) is 30.3 Å². The highest BCUT2D eigenvalue weighted by molar-refractivity contribution is 5.97. The van der Waals surface area contributed by atoms with Crippen LogP contribution in [0.3, 0.4) is 0 Å². The summed E-state index contributed by atoms with van der Waals surface area (Å²) in [6, 6.07) is 18.2. The number of hydrogen-bond acceptors (Lipinski definition) is 3. The third kappa shape index (κ3) is 4.85. The molecule has 0 spiro atoms. The van der Waals surface area contributed by atoms with Crippen molar-refractivity contribution in [2.24, 2.45) is 0 Å². The van der Waals surface area contributed by atoms with Crippen molar-refractivity contribution >= 4 is 17.5 Å². The number of anilines is 1. The third-order valence-corrected chi connectivity index (χ3v) is 5.98. The van der Waals surface area contributed by atoms with E-state index < -0.39 is 0 Å². The number of benzene rings is 2. The van der Waals surface area contributed by atoms with Crippen LogP contribution in [0.25, 0.3) is 0 Å². The molecule has 2 aliphatic heterocycles. The fraction of sp³-hybridized carbons (Fsp3) is 0.417. The molecule has 0 aliphatic carbocycles. The van der Waals surface area contributed by atoms with Gasteiger partial charge in [-0.15, -0.1) is 0 Å². The molecule has 1 atom stereocenters. The van der Waals surface area contributed by atoms with Crippen molar-refractivity contribution in [2.75, 3.05) is 31.1 Å². The van der Waals surface area contributed by atoms with Gasteiger partial charge in [0, 0.05) is 36.8 Å². The molecule has 2 heterocycles. The molecule has 1 unspecified atom stereocenters. The van der Waals surface area contributed by atoms with Crippen LogP contribution in [-0.2, 0) is 11.2 Å². The second-order valence-electron chi connectivity index (χ2n) is 7.99. The largest absolute Gasteiger partial charge is 0.350 e. The molecule has 152 valence electrons. The lowest BCUT2D eigenvalue weighted by atomic mass is 10.0. The molecule has 0 saturated carbocycles. The van der Waals surface area contributed by atoms with Crippen molar-refractivity contribution in [1.82, 2.24) is 10.2 Å². The number of carbonyl (C=O) groups is 2. The van der Waals surface area contributed by atoms with Crippen LogP contribution < -0.4 is 10.2 Å². The Balaban J connectivity index is 1.37. The zero-order valence-electron chi connectivity index (χ0n) is 16.8. The summed E-state index contributed by atoms with van der Waals surface area (Å²) < 4.78 is 0. The maximum Gasteiger partial charge on any atom is 0.251 e. The van der Waals surface area contributed by atoms with E-state index in [1.165, 1.54) is 18.4 Å². The minimum absolute atomic E-state index is 0.0541. The van der Waals surface area contributed by atoms with E-state index in [4.69, 9.17) is 0 Å². The van der Waals surface area contributed by atoms with Crippen molar-refractivity contribution in [2.45, 2.75) is 38.1 Å². The van der Waals surface area contributed by atoms with Crippen molar-refractivity contribution in [3.63, 3.8) is 0 Å². The van der Waals surface area contributed by atoms with Crippen molar-refractivity contribution in [3.8, 4) is 0 Å². The van der Waals surface area contributed by atoms with E-state index in [9.17, 15) is 9.59 Å². The van der Waals surface area contributed by atoms with Crippen LogP contribution in [0.1, 0.15) is 41.6 Å². The number of nitrogens with one attached hydrogen (secondary N) is 1. The van der Waals surface area contributed by atoms with Gasteiger partial charge in [0.2, 0.25) is 5.91 Å². The Hall–Kier alpha value is -2.66. The number of rotatable bonds is 7. The minimum Gasteiger partial charge on any atom is -0.350 e. The fourth-order valence-electron chi connectivity index (χ4n) is 4.35. The summed E-state index contributed by atoms with van der Waals surface area (Å²) >= 11 is 0. The first kappa shape index (κ1) is 19.6. The first-order valence-corrected chi connectivity index (χ1v) is 10.7. The lowest BCUT2D eigenvalue weighted by Crippen LogP contribution is -2.44. The van der Waals surface area contributed by atoms with Crippen LogP contribution in [-0.4, -0.2) is 48.9 Å². The highest BCUT2D eigenvalue weighted by atomic mass is 16.2. The van der Waals surface area contributed by atoms with E-state index in [2.05, 4.69) is 34.5 Å². The van der Waals surface area contributed by atoms with Crippen LogP contribution in [0.15, 0.2) is 54.6 Å². The van der Waals surface area contributed by atoms with Gasteiger partial charge in [-0.2, -0.15) is 0 Å². The minimum atomic E-state index is -0.0541. The molecule has 5 nitrogen and oxygen atoms in total. The molecule has 2 aliphatic rings. The zero-order chi connectivity index (χ0) is 20.1. The molecule has 0 bridgehead atoms. The van der Waals surface area contributed by atoms with Gasteiger partial charge >= 0.3 is 0 Å². The van der Waals surface area contributed by atoms with Gasteiger partial charge in [0.15, 0.2) is 0 Å². The number of carbonyl (C=O) groups excluding carboxylic acids is 2. The molecule has 0 aromatic heterocycles. The molecule has 5 heteroatoms. The number of likely N-dealkylation sites (tertiary alicyclic amines) is 1. The van der Waals surface area contributed by atoms with Crippen LogP contribution in [0.2, 0.25) is 0 Å². The van der Waals surface area contributed by atoms with E-state index in [0.717, 1.165) is 38.2 Å². The van der Waals surface area contributed by atoms with Gasteiger partial charge in [0.25, 0.3) is 5.91 Å². The third-order valence-electron chi connectivity index (χ3n) is 5.98. The molecule has 0 radical (unpaired) electrons. The highest BCUT2D eigenvalue weighted by Gasteiger charge is 2.24. The predicted octanol–water partition coefficient (Wildman–Crippen LogP) is 3.25. The average molecular weight is 392 g/mol. The van der Waals surface area contributed by atoms with Crippen molar-refractivity contribution in [1.29, 1.82) is 0 Å². The summed E-state index contributed by atoms with van der Waals surface area (Å²) in [5.41, 5.74) is 2.82. The van der Waals surface area contributed by atoms with Gasteiger partial charge in [0.05, 0.1) is 0 Å². The number of hydrogen-bond donors (Lipinski definition) is 1. The molecule has 4 rings (SSSR count). The summed E-state index contributed by atoms with van der Waals surface area (Å²) in [4.78, 5) is 28.9. The molecular weight excluding hydrogens is 362 g/mol. The smallest absolute Gasteiger partial charge is 0.251 e. The molecule has 2 amide bonds. The van der Waals surface area contributed by atoms with Gasteiger partial charge in [-0.05, 0) is 68.6 Å². The highest BCUT2D eigenvalue weighted by Crippen LogP contribution is 2.21. The Kier molecular flexibility index (Phi) is 6.25. The van der Waals surface area contributed by atoms with Gasteiger partial charge in [-0.25, -0.2) is 0 Å². The molecule has 2 aromatic carbocycles. The van der Waals surface area contributed by atoms with E-state index in [0.29, 0.717) is 24.6 Å².